The van der Waals surface area contributed by atoms with E-state index < -0.39 is 18.1 Å². The molecule has 0 aromatic heterocycles. The maximum Gasteiger partial charge on any atom is 0.333 e. The largest absolute Gasteiger partial charge is 0.492 e. The Morgan fingerprint density at radius 3 is 2.47 bits per heavy atom. The molecule has 3 unspecified atom stereocenters. The zero-order valence-corrected chi connectivity index (χ0v) is 22.2. The van der Waals surface area contributed by atoms with Crippen molar-refractivity contribution in [3.8, 4) is 5.75 Å². The Kier molecular flexibility index (Phi) is 9.12. The SMILES string of the molecule is CCCC1=NN(C)C2C(=O)N(CCOc3ccc(CC(OCC)C(=O)O)cc3)C(Cc3ccccc3)=NC12. The second-order valence-electron chi connectivity index (χ2n) is 9.48. The van der Waals surface area contributed by atoms with Crippen LogP contribution in [0, 0.1) is 0 Å². The lowest BCUT2D eigenvalue weighted by Crippen LogP contribution is -2.57. The highest BCUT2D eigenvalue weighted by Gasteiger charge is 2.46. The zero-order valence-electron chi connectivity index (χ0n) is 22.2. The molecule has 0 radical (unpaired) electrons. The number of hydrogen-bond donors (Lipinski definition) is 1. The molecule has 0 saturated heterocycles. The number of carboxylic acid groups (broad SMARTS) is 1. The minimum Gasteiger partial charge on any atom is -0.492 e. The molecule has 2 heterocycles. The summed E-state index contributed by atoms with van der Waals surface area (Å²) >= 11 is 0. The van der Waals surface area contributed by atoms with Crippen molar-refractivity contribution >= 4 is 23.4 Å². The fourth-order valence-electron chi connectivity index (χ4n) is 4.89. The summed E-state index contributed by atoms with van der Waals surface area (Å²) < 4.78 is 11.3. The molecule has 3 atom stereocenters. The molecule has 2 aliphatic heterocycles. The average Bonchev–Trinajstić information content (AvgIpc) is 3.22. The molecule has 4 rings (SSSR count). The summed E-state index contributed by atoms with van der Waals surface area (Å²) in [6.07, 6.45) is 1.73. The number of benzene rings is 2. The summed E-state index contributed by atoms with van der Waals surface area (Å²) in [4.78, 5) is 31.8. The van der Waals surface area contributed by atoms with E-state index >= 15 is 0 Å². The van der Waals surface area contributed by atoms with Gasteiger partial charge in [0.25, 0.3) is 5.91 Å². The fourth-order valence-corrected chi connectivity index (χ4v) is 4.89. The van der Waals surface area contributed by atoms with Crippen LogP contribution in [0.25, 0.3) is 0 Å². The van der Waals surface area contributed by atoms with Crippen molar-refractivity contribution < 1.29 is 24.2 Å². The molecule has 2 aromatic rings. The van der Waals surface area contributed by atoms with Crippen LogP contribution in [-0.2, 0) is 27.2 Å². The van der Waals surface area contributed by atoms with Gasteiger partial charge >= 0.3 is 5.97 Å². The van der Waals surface area contributed by atoms with Crippen molar-refractivity contribution in [1.82, 2.24) is 9.91 Å². The first-order valence-corrected chi connectivity index (χ1v) is 13.2. The Hall–Kier alpha value is -3.72. The van der Waals surface area contributed by atoms with Crippen molar-refractivity contribution in [3.05, 3.63) is 65.7 Å². The first-order valence-electron chi connectivity index (χ1n) is 13.2. The number of amides is 1. The number of aliphatic imine (C=N–C) groups is 1. The van der Waals surface area contributed by atoms with Gasteiger partial charge in [0.1, 0.15) is 24.2 Å². The fraction of sp³-hybridized carbons (Fsp3) is 0.448. The quantitative estimate of drug-likeness (QED) is 0.434. The van der Waals surface area contributed by atoms with Crippen LogP contribution in [-0.4, -0.2) is 83.4 Å². The van der Waals surface area contributed by atoms with E-state index in [0.29, 0.717) is 31.9 Å². The van der Waals surface area contributed by atoms with Crippen LogP contribution in [0.4, 0.5) is 0 Å². The minimum absolute atomic E-state index is 0.0112. The predicted molar refractivity (Wildman–Crippen MR) is 146 cm³/mol. The summed E-state index contributed by atoms with van der Waals surface area (Å²) in [5, 5.41) is 15.7. The van der Waals surface area contributed by atoms with Gasteiger partial charge in [-0.15, -0.1) is 0 Å². The molecular weight excluding hydrogens is 484 g/mol. The van der Waals surface area contributed by atoms with Gasteiger partial charge < -0.3 is 14.6 Å². The van der Waals surface area contributed by atoms with E-state index in [1.54, 1.807) is 16.8 Å². The Bertz CT molecular complexity index is 1170. The number of fused-ring (bicyclic) bond motifs is 1. The van der Waals surface area contributed by atoms with E-state index in [0.717, 1.165) is 35.5 Å². The summed E-state index contributed by atoms with van der Waals surface area (Å²) in [6.45, 7) is 4.87. The second kappa shape index (κ2) is 12.7. The summed E-state index contributed by atoms with van der Waals surface area (Å²) in [5.74, 6) is 0.389. The number of carbonyl (C=O) groups excluding carboxylic acids is 1. The monoisotopic (exact) mass is 520 g/mol. The number of hydrogen-bond acceptors (Lipinski definition) is 7. The van der Waals surface area contributed by atoms with E-state index in [-0.39, 0.29) is 18.4 Å². The van der Waals surface area contributed by atoms with Crippen molar-refractivity contribution in [2.45, 2.75) is 57.7 Å². The summed E-state index contributed by atoms with van der Waals surface area (Å²) in [6, 6.07) is 16.6. The molecule has 202 valence electrons. The Morgan fingerprint density at radius 1 is 1.08 bits per heavy atom. The van der Waals surface area contributed by atoms with E-state index in [9.17, 15) is 14.7 Å². The lowest BCUT2D eigenvalue weighted by molar-refractivity contribution is -0.150. The number of rotatable bonds is 13. The number of likely N-dealkylation sites (N-methyl/N-ethyl adjacent to an activating group) is 1. The molecular formula is C29H36N4O5. The molecule has 38 heavy (non-hydrogen) atoms. The zero-order chi connectivity index (χ0) is 27.1. The maximum absolute atomic E-state index is 13.7. The Morgan fingerprint density at radius 2 is 1.82 bits per heavy atom. The van der Waals surface area contributed by atoms with E-state index in [2.05, 4.69) is 12.0 Å². The molecule has 0 aliphatic carbocycles. The molecule has 1 amide bonds. The summed E-state index contributed by atoms with van der Waals surface area (Å²) in [5.41, 5.74) is 2.90. The highest BCUT2D eigenvalue weighted by Crippen LogP contribution is 2.27. The minimum atomic E-state index is -0.978. The highest BCUT2D eigenvalue weighted by atomic mass is 16.5. The van der Waals surface area contributed by atoms with Crippen molar-refractivity contribution in [1.29, 1.82) is 0 Å². The van der Waals surface area contributed by atoms with Crippen LogP contribution in [0.5, 0.6) is 5.75 Å². The van der Waals surface area contributed by atoms with Crippen LogP contribution in [0.2, 0.25) is 0 Å². The number of nitrogens with zero attached hydrogens (tertiary/aromatic N) is 4. The molecule has 0 spiro atoms. The third kappa shape index (κ3) is 6.39. The number of amidine groups is 1. The second-order valence-corrected chi connectivity index (χ2v) is 9.48. The van der Waals surface area contributed by atoms with Crippen LogP contribution in [0.3, 0.4) is 0 Å². The van der Waals surface area contributed by atoms with Gasteiger partial charge in [0.2, 0.25) is 0 Å². The van der Waals surface area contributed by atoms with E-state index in [4.69, 9.17) is 14.5 Å². The lowest BCUT2D eigenvalue weighted by Gasteiger charge is -2.35. The third-order valence-corrected chi connectivity index (χ3v) is 6.73. The number of aliphatic carboxylic acids is 1. The molecule has 2 aliphatic rings. The highest BCUT2D eigenvalue weighted by molar-refractivity contribution is 6.09. The first kappa shape index (κ1) is 27.3. The topological polar surface area (TPSA) is 104 Å². The maximum atomic E-state index is 13.7. The molecule has 9 nitrogen and oxygen atoms in total. The molecule has 0 saturated carbocycles. The van der Waals surface area contributed by atoms with Gasteiger partial charge in [0.15, 0.2) is 12.1 Å². The first-order chi connectivity index (χ1) is 18.4. The number of carboxylic acids is 1. The summed E-state index contributed by atoms with van der Waals surface area (Å²) in [7, 11) is 1.84. The van der Waals surface area contributed by atoms with Gasteiger partial charge in [-0.1, -0.05) is 55.8 Å². The molecule has 2 aromatic carbocycles. The predicted octanol–water partition coefficient (Wildman–Crippen LogP) is 3.42. The van der Waals surface area contributed by atoms with Crippen LogP contribution in [0.15, 0.2) is 64.7 Å². The van der Waals surface area contributed by atoms with Crippen molar-refractivity contribution in [3.63, 3.8) is 0 Å². The molecule has 0 bridgehead atoms. The van der Waals surface area contributed by atoms with Gasteiger partial charge in [-0.05, 0) is 36.6 Å². The Labute approximate surface area is 223 Å². The van der Waals surface area contributed by atoms with Crippen LogP contribution in [0.1, 0.15) is 37.8 Å². The standard InChI is InChI=1S/C29H36N4O5/c1-4-9-23-26-27(32(3)31-23)28(34)33(25(30-26)19-20-10-7-6-8-11-20)16-17-38-22-14-12-21(13-15-22)18-24(29(35)36)37-5-2/h6-8,10-15,24,26-27H,4-5,9,16-19H2,1-3H3,(H,35,36). The van der Waals surface area contributed by atoms with Crippen LogP contribution < -0.4 is 4.74 Å². The lowest BCUT2D eigenvalue weighted by atomic mass is 9.97. The van der Waals surface area contributed by atoms with Crippen LogP contribution >= 0.6 is 0 Å². The molecule has 1 N–H and O–H groups in total. The number of ether oxygens (including phenoxy) is 2. The van der Waals surface area contributed by atoms with Gasteiger partial charge in [-0.2, -0.15) is 5.10 Å². The van der Waals surface area contributed by atoms with E-state index in [1.165, 1.54) is 0 Å². The molecule has 0 fully saturated rings. The van der Waals surface area contributed by atoms with Gasteiger partial charge in [-0.25, -0.2) is 4.79 Å². The van der Waals surface area contributed by atoms with E-state index in [1.807, 2.05) is 61.6 Å². The molecule has 9 heteroatoms. The Balaban J connectivity index is 1.44. The average molecular weight is 521 g/mol. The smallest absolute Gasteiger partial charge is 0.333 e. The normalized spacial score (nSPS) is 19.6. The third-order valence-electron chi connectivity index (χ3n) is 6.73. The van der Waals surface area contributed by atoms with Crippen molar-refractivity contribution in [2.24, 2.45) is 10.1 Å². The number of carbonyl (C=O) groups is 2. The number of hydrazone groups is 1. The van der Waals surface area contributed by atoms with Crippen molar-refractivity contribution in [2.75, 3.05) is 26.8 Å². The van der Waals surface area contributed by atoms with Gasteiger partial charge in [-0.3, -0.25) is 19.7 Å². The van der Waals surface area contributed by atoms with Gasteiger partial charge in [0, 0.05) is 26.5 Å². The van der Waals surface area contributed by atoms with Gasteiger partial charge in [0.05, 0.1) is 12.3 Å².